The Morgan fingerprint density at radius 1 is 1.09 bits per heavy atom. The zero-order chi connectivity index (χ0) is 25.0. The van der Waals surface area contributed by atoms with Crippen LogP contribution in [0.4, 0.5) is 0 Å². The topological polar surface area (TPSA) is 108 Å². The highest BCUT2D eigenvalue weighted by atomic mass is 35.5. The first-order valence-electron chi connectivity index (χ1n) is 11.7. The average molecular weight is 495 g/mol. The number of carbonyl (C=O) groups excluding carboxylic acids is 1. The van der Waals surface area contributed by atoms with E-state index in [-0.39, 0.29) is 18.4 Å². The zero-order valence-electron chi connectivity index (χ0n) is 19.8. The SMILES string of the molecule is CO.O=C(NCc1cc(Cl)ccn1)C1C=c2nc(CCCCCO)c(-c3ccccc3)nc2=CC1. The monoisotopic (exact) mass is 494 g/mol. The molecule has 2 heterocycles. The lowest BCUT2D eigenvalue weighted by Crippen LogP contribution is -2.40. The molecule has 7 nitrogen and oxygen atoms in total. The highest BCUT2D eigenvalue weighted by Crippen LogP contribution is 2.20. The molecule has 1 unspecified atom stereocenters. The number of aliphatic hydroxyl groups is 2. The molecule has 0 spiro atoms. The summed E-state index contributed by atoms with van der Waals surface area (Å²) in [5.74, 6) is -0.382. The van der Waals surface area contributed by atoms with Gasteiger partial charge in [0.1, 0.15) is 0 Å². The lowest BCUT2D eigenvalue weighted by Gasteiger charge is -2.15. The van der Waals surface area contributed by atoms with Crippen LogP contribution in [0.1, 0.15) is 37.1 Å². The number of nitrogens with one attached hydrogen (secondary N) is 1. The van der Waals surface area contributed by atoms with Gasteiger partial charge in [-0.1, -0.05) is 54.4 Å². The van der Waals surface area contributed by atoms with Crippen LogP contribution < -0.4 is 16.0 Å². The first-order valence-corrected chi connectivity index (χ1v) is 12.1. The van der Waals surface area contributed by atoms with Gasteiger partial charge in [0.15, 0.2) is 0 Å². The Hall–Kier alpha value is -3.13. The summed E-state index contributed by atoms with van der Waals surface area (Å²) in [4.78, 5) is 26.9. The molecule has 35 heavy (non-hydrogen) atoms. The molecule has 1 atom stereocenters. The quantitative estimate of drug-likeness (QED) is 0.394. The number of nitrogens with zero attached hydrogens (tertiary/aromatic N) is 3. The molecule has 0 bridgehead atoms. The van der Waals surface area contributed by atoms with Gasteiger partial charge < -0.3 is 15.5 Å². The van der Waals surface area contributed by atoms with Gasteiger partial charge in [-0.25, -0.2) is 9.97 Å². The fourth-order valence-electron chi connectivity index (χ4n) is 3.89. The molecule has 3 N–H and O–H groups in total. The zero-order valence-corrected chi connectivity index (χ0v) is 20.6. The molecule has 1 aliphatic rings. The highest BCUT2D eigenvalue weighted by molar-refractivity contribution is 6.30. The van der Waals surface area contributed by atoms with Crippen molar-refractivity contribution in [2.75, 3.05) is 13.7 Å². The lowest BCUT2D eigenvalue weighted by atomic mass is 9.99. The van der Waals surface area contributed by atoms with E-state index in [0.717, 1.165) is 60.4 Å². The van der Waals surface area contributed by atoms with E-state index < -0.39 is 0 Å². The summed E-state index contributed by atoms with van der Waals surface area (Å²) in [5, 5.41) is 21.2. The van der Waals surface area contributed by atoms with E-state index in [4.69, 9.17) is 31.8 Å². The fourth-order valence-corrected chi connectivity index (χ4v) is 4.07. The third-order valence-corrected chi connectivity index (χ3v) is 5.86. The second-order valence-corrected chi connectivity index (χ2v) is 8.52. The third kappa shape index (κ3) is 7.42. The lowest BCUT2D eigenvalue weighted by molar-refractivity contribution is -0.123. The minimum absolute atomic E-state index is 0.0721. The average Bonchev–Trinajstić information content (AvgIpc) is 2.90. The number of unbranched alkanes of at least 4 members (excludes halogenated alkanes) is 2. The molecule has 8 heteroatoms. The summed E-state index contributed by atoms with van der Waals surface area (Å²) in [5.41, 5.74) is 3.56. The summed E-state index contributed by atoms with van der Waals surface area (Å²) < 4.78 is 0. The Morgan fingerprint density at radius 2 is 1.89 bits per heavy atom. The van der Waals surface area contributed by atoms with Crippen LogP contribution in [-0.4, -0.2) is 44.8 Å². The van der Waals surface area contributed by atoms with Crippen LogP contribution >= 0.6 is 11.6 Å². The number of amides is 1. The Kier molecular flexibility index (Phi) is 10.3. The summed E-state index contributed by atoms with van der Waals surface area (Å²) in [6, 6.07) is 13.5. The second kappa shape index (κ2) is 13.7. The Balaban J connectivity index is 0.00000167. The number of aryl methyl sites for hydroxylation is 1. The van der Waals surface area contributed by atoms with E-state index in [1.807, 2.05) is 42.5 Å². The predicted octanol–water partition coefficient (Wildman–Crippen LogP) is 2.40. The van der Waals surface area contributed by atoms with Gasteiger partial charge in [0.2, 0.25) is 5.91 Å². The van der Waals surface area contributed by atoms with Crippen LogP contribution in [0.25, 0.3) is 23.4 Å². The second-order valence-electron chi connectivity index (χ2n) is 8.09. The Morgan fingerprint density at radius 3 is 2.63 bits per heavy atom. The van der Waals surface area contributed by atoms with Crippen LogP contribution in [0.3, 0.4) is 0 Å². The number of hydrogen-bond acceptors (Lipinski definition) is 6. The number of rotatable bonds is 9. The number of benzene rings is 1. The van der Waals surface area contributed by atoms with Crippen molar-refractivity contribution in [3.8, 4) is 11.3 Å². The number of carbonyl (C=O) groups is 1. The molecule has 0 saturated carbocycles. The number of aliphatic hydroxyl groups excluding tert-OH is 2. The number of fused-ring (bicyclic) bond motifs is 1. The van der Waals surface area contributed by atoms with E-state index in [1.165, 1.54) is 0 Å². The van der Waals surface area contributed by atoms with Gasteiger partial charge in [-0.15, -0.1) is 0 Å². The van der Waals surface area contributed by atoms with Gasteiger partial charge in [-0.05, 0) is 43.9 Å². The normalized spacial score (nSPS) is 14.0. The molecule has 0 saturated heterocycles. The van der Waals surface area contributed by atoms with Crippen molar-refractivity contribution in [2.24, 2.45) is 5.92 Å². The van der Waals surface area contributed by atoms with E-state index >= 15 is 0 Å². The minimum Gasteiger partial charge on any atom is -0.400 e. The summed E-state index contributed by atoms with van der Waals surface area (Å²) in [7, 11) is 1.00. The maximum atomic E-state index is 12.8. The van der Waals surface area contributed by atoms with Gasteiger partial charge in [-0.3, -0.25) is 9.78 Å². The van der Waals surface area contributed by atoms with Crippen molar-refractivity contribution in [1.82, 2.24) is 20.3 Å². The van der Waals surface area contributed by atoms with E-state index in [9.17, 15) is 4.79 Å². The molecule has 0 radical (unpaired) electrons. The van der Waals surface area contributed by atoms with Crippen LogP contribution in [0.2, 0.25) is 5.02 Å². The minimum atomic E-state index is -0.309. The van der Waals surface area contributed by atoms with Gasteiger partial charge >= 0.3 is 0 Å². The fraction of sp³-hybridized carbons (Fsp3) is 0.333. The van der Waals surface area contributed by atoms with Crippen molar-refractivity contribution in [1.29, 1.82) is 0 Å². The van der Waals surface area contributed by atoms with E-state index in [1.54, 1.807) is 18.3 Å². The molecular weight excluding hydrogens is 464 g/mol. The number of pyridine rings is 1. The van der Waals surface area contributed by atoms with Gasteiger partial charge in [0.05, 0.1) is 40.2 Å². The molecule has 1 aliphatic carbocycles. The van der Waals surface area contributed by atoms with Crippen LogP contribution in [0.15, 0.2) is 48.7 Å². The standard InChI is InChI=1S/C26H27ClN4O2.CH4O/c27-20-12-13-28-21(16-20)17-29-26(33)19-10-11-22-24(15-19)30-23(9-5-2-6-14-32)25(31-22)18-7-3-1-4-8-18;1-2/h1,3-4,7-8,11-13,15-16,19,32H,2,5-6,9-10,14,17H2,(H,29,33);2H,1H3. The van der Waals surface area contributed by atoms with Crippen LogP contribution in [0.5, 0.6) is 0 Å². The molecule has 2 aromatic heterocycles. The molecule has 0 fully saturated rings. The maximum Gasteiger partial charge on any atom is 0.227 e. The van der Waals surface area contributed by atoms with E-state index in [0.29, 0.717) is 23.7 Å². The summed E-state index contributed by atoms with van der Waals surface area (Å²) in [6.07, 6.45) is 9.51. The Bertz CT molecular complexity index is 1230. The van der Waals surface area contributed by atoms with Crippen LogP contribution in [0, 0.1) is 5.92 Å². The van der Waals surface area contributed by atoms with Crippen molar-refractivity contribution >= 4 is 29.7 Å². The van der Waals surface area contributed by atoms with E-state index in [2.05, 4.69) is 10.3 Å². The number of aromatic nitrogens is 3. The van der Waals surface area contributed by atoms with Crippen molar-refractivity contribution in [3.05, 3.63) is 75.8 Å². The van der Waals surface area contributed by atoms with Crippen molar-refractivity contribution in [2.45, 2.75) is 38.6 Å². The largest absolute Gasteiger partial charge is 0.400 e. The smallest absolute Gasteiger partial charge is 0.227 e. The highest BCUT2D eigenvalue weighted by Gasteiger charge is 2.19. The van der Waals surface area contributed by atoms with Crippen molar-refractivity contribution < 1.29 is 15.0 Å². The number of halogens is 1. The maximum absolute atomic E-state index is 12.8. The van der Waals surface area contributed by atoms with Gasteiger partial charge in [-0.2, -0.15) is 0 Å². The van der Waals surface area contributed by atoms with Gasteiger partial charge in [0, 0.05) is 30.5 Å². The molecule has 3 aromatic rings. The molecule has 0 aliphatic heterocycles. The molecular formula is C27H31ClN4O3. The first kappa shape index (κ1) is 26.5. The third-order valence-electron chi connectivity index (χ3n) is 5.63. The Labute approximate surface area is 210 Å². The summed E-state index contributed by atoms with van der Waals surface area (Å²) >= 11 is 6.00. The molecule has 4 rings (SSSR count). The van der Waals surface area contributed by atoms with Crippen molar-refractivity contribution in [3.63, 3.8) is 0 Å². The van der Waals surface area contributed by atoms with Gasteiger partial charge in [0.25, 0.3) is 0 Å². The summed E-state index contributed by atoms with van der Waals surface area (Å²) in [6.45, 7) is 0.525. The molecule has 184 valence electrons. The van der Waals surface area contributed by atoms with Crippen LogP contribution in [-0.2, 0) is 17.8 Å². The molecule has 1 aromatic carbocycles. The number of hydrogen-bond donors (Lipinski definition) is 3. The predicted molar refractivity (Wildman–Crippen MR) is 138 cm³/mol. The first-order chi connectivity index (χ1) is 17.1. The molecule has 1 amide bonds.